The average molecular weight is 268 g/mol. The van der Waals surface area contributed by atoms with Crippen molar-refractivity contribution in [3.05, 3.63) is 42.0 Å². The van der Waals surface area contributed by atoms with E-state index in [9.17, 15) is 13.2 Å². The molecule has 0 saturated carbocycles. The van der Waals surface area contributed by atoms with Gasteiger partial charge >= 0.3 is 0 Å². The van der Waals surface area contributed by atoms with Crippen LogP contribution in [0.1, 0.15) is 6.92 Å². The van der Waals surface area contributed by atoms with Crippen molar-refractivity contribution in [2.75, 3.05) is 17.2 Å². The summed E-state index contributed by atoms with van der Waals surface area (Å²) in [7, 11) is 0. The fourth-order valence-electron chi connectivity index (χ4n) is 1.45. The van der Waals surface area contributed by atoms with Crippen molar-refractivity contribution in [2.45, 2.75) is 6.92 Å². The third kappa shape index (κ3) is 3.12. The number of hydrogen-bond acceptors (Lipinski definition) is 4. The average Bonchev–Trinajstić information content (AvgIpc) is 2.37. The third-order valence-electron chi connectivity index (χ3n) is 2.27. The lowest BCUT2D eigenvalue weighted by Crippen LogP contribution is -2.03. The van der Waals surface area contributed by atoms with Crippen molar-refractivity contribution in [3.63, 3.8) is 0 Å². The van der Waals surface area contributed by atoms with E-state index in [1.807, 2.05) is 6.92 Å². The summed E-state index contributed by atoms with van der Waals surface area (Å²) in [6, 6.07) is 1.20. The van der Waals surface area contributed by atoms with Crippen molar-refractivity contribution in [1.29, 1.82) is 0 Å². The van der Waals surface area contributed by atoms with Crippen molar-refractivity contribution < 1.29 is 13.2 Å². The molecule has 1 heterocycles. The predicted molar refractivity (Wildman–Crippen MR) is 65.8 cm³/mol. The summed E-state index contributed by atoms with van der Waals surface area (Å²) in [6.45, 7) is 2.54. The van der Waals surface area contributed by atoms with Crippen LogP contribution in [0.3, 0.4) is 0 Å². The molecule has 7 heteroatoms. The van der Waals surface area contributed by atoms with E-state index in [2.05, 4.69) is 20.6 Å². The molecule has 2 N–H and O–H groups in total. The molecule has 100 valence electrons. The zero-order valence-electron chi connectivity index (χ0n) is 10.0. The molecule has 0 fully saturated rings. The summed E-state index contributed by atoms with van der Waals surface area (Å²) >= 11 is 0. The molecule has 0 aliphatic rings. The van der Waals surface area contributed by atoms with Crippen molar-refractivity contribution in [1.82, 2.24) is 9.97 Å². The van der Waals surface area contributed by atoms with Crippen LogP contribution in [0.25, 0.3) is 0 Å². The van der Waals surface area contributed by atoms with Gasteiger partial charge in [-0.25, -0.2) is 18.2 Å². The SMILES string of the molecule is CCNc1cncc(Nc2cc(F)c(F)cc2F)n1. The third-order valence-corrected chi connectivity index (χ3v) is 2.27. The topological polar surface area (TPSA) is 49.8 Å². The van der Waals surface area contributed by atoms with Crippen LogP contribution in [-0.2, 0) is 0 Å². The first-order valence-electron chi connectivity index (χ1n) is 5.57. The predicted octanol–water partition coefficient (Wildman–Crippen LogP) is 3.07. The quantitative estimate of drug-likeness (QED) is 0.837. The number of nitrogens with one attached hydrogen (secondary N) is 2. The minimum atomic E-state index is -1.24. The molecule has 0 amide bonds. The number of nitrogens with zero attached hydrogens (tertiary/aromatic N) is 2. The van der Waals surface area contributed by atoms with Gasteiger partial charge in [-0.3, -0.25) is 4.98 Å². The Balaban J connectivity index is 2.25. The molecule has 1 aromatic heterocycles. The van der Waals surface area contributed by atoms with Crippen LogP contribution in [0, 0.1) is 17.5 Å². The van der Waals surface area contributed by atoms with Crippen LogP contribution in [0.5, 0.6) is 0 Å². The molecular weight excluding hydrogens is 257 g/mol. The molecule has 0 unspecified atom stereocenters. The fourth-order valence-corrected chi connectivity index (χ4v) is 1.45. The molecule has 2 rings (SSSR count). The first-order chi connectivity index (χ1) is 9.10. The van der Waals surface area contributed by atoms with Gasteiger partial charge in [0.2, 0.25) is 0 Å². The first kappa shape index (κ1) is 13.1. The second kappa shape index (κ2) is 5.55. The molecule has 19 heavy (non-hydrogen) atoms. The molecule has 0 saturated heterocycles. The minimum absolute atomic E-state index is 0.207. The molecule has 0 spiro atoms. The summed E-state index contributed by atoms with van der Waals surface area (Å²) in [5.41, 5.74) is -0.207. The summed E-state index contributed by atoms with van der Waals surface area (Å²) < 4.78 is 39.2. The standard InChI is InChI=1S/C12H11F3N4/c1-2-17-11-5-16-6-12(19-11)18-10-4-8(14)7(13)3-9(10)15/h3-6H,2H2,1H3,(H2,17,18,19). The largest absolute Gasteiger partial charge is 0.369 e. The van der Waals surface area contributed by atoms with E-state index in [0.29, 0.717) is 18.4 Å². The Labute approximate surface area is 107 Å². The Hall–Kier alpha value is -2.31. The van der Waals surface area contributed by atoms with Crippen LogP contribution in [-0.4, -0.2) is 16.5 Å². The van der Waals surface area contributed by atoms with E-state index in [1.54, 1.807) is 0 Å². The second-order valence-electron chi connectivity index (χ2n) is 3.69. The highest BCUT2D eigenvalue weighted by Gasteiger charge is 2.10. The first-order valence-corrected chi connectivity index (χ1v) is 5.57. The maximum absolute atomic E-state index is 13.4. The Kier molecular flexibility index (Phi) is 3.84. The minimum Gasteiger partial charge on any atom is -0.369 e. The van der Waals surface area contributed by atoms with Crippen molar-refractivity contribution >= 4 is 17.3 Å². The second-order valence-corrected chi connectivity index (χ2v) is 3.69. The van der Waals surface area contributed by atoms with Gasteiger partial charge in [-0.05, 0) is 6.92 Å². The van der Waals surface area contributed by atoms with Crippen LogP contribution in [0.15, 0.2) is 24.5 Å². The van der Waals surface area contributed by atoms with Gasteiger partial charge in [0.15, 0.2) is 17.5 Å². The lowest BCUT2D eigenvalue weighted by atomic mass is 10.3. The Morgan fingerprint density at radius 3 is 2.42 bits per heavy atom. The van der Waals surface area contributed by atoms with E-state index in [0.717, 1.165) is 6.07 Å². The van der Waals surface area contributed by atoms with E-state index in [1.165, 1.54) is 12.4 Å². The maximum atomic E-state index is 13.4. The van der Waals surface area contributed by atoms with Gasteiger partial charge < -0.3 is 10.6 Å². The summed E-state index contributed by atoms with van der Waals surface area (Å²) in [5, 5.41) is 5.47. The molecule has 1 aromatic carbocycles. The van der Waals surface area contributed by atoms with Gasteiger partial charge in [-0.2, -0.15) is 0 Å². The van der Waals surface area contributed by atoms with Crippen LogP contribution < -0.4 is 10.6 Å². The Bertz CT molecular complexity index is 589. The van der Waals surface area contributed by atoms with Gasteiger partial charge in [0.1, 0.15) is 11.6 Å². The molecule has 0 aliphatic carbocycles. The highest BCUT2D eigenvalue weighted by molar-refractivity contribution is 5.57. The van der Waals surface area contributed by atoms with E-state index >= 15 is 0 Å². The molecule has 0 bridgehead atoms. The zero-order chi connectivity index (χ0) is 13.8. The van der Waals surface area contributed by atoms with Gasteiger partial charge in [0, 0.05) is 18.7 Å². The number of halogens is 3. The molecule has 0 aliphatic heterocycles. The molecule has 2 aromatic rings. The highest BCUT2D eigenvalue weighted by Crippen LogP contribution is 2.21. The summed E-state index contributed by atoms with van der Waals surface area (Å²) in [4.78, 5) is 7.97. The van der Waals surface area contributed by atoms with E-state index in [-0.39, 0.29) is 11.5 Å². The lowest BCUT2D eigenvalue weighted by Gasteiger charge is -2.08. The number of aromatic nitrogens is 2. The van der Waals surface area contributed by atoms with Crippen molar-refractivity contribution in [2.24, 2.45) is 0 Å². The Morgan fingerprint density at radius 1 is 1.00 bits per heavy atom. The Morgan fingerprint density at radius 2 is 1.68 bits per heavy atom. The highest BCUT2D eigenvalue weighted by atomic mass is 19.2. The molecule has 0 atom stereocenters. The number of rotatable bonds is 4. The smallest absolute Gasteiger partial charge is 0.161 e. The van der Waals surface area contributed by atoms with Gasteiger partial charge in [-0.15, -0.1) is 0 Å². The number of anilines is 3. The van der Waals surface area contributed by atoms with Gasteiger partial charge in [-0.1, -0.05) is 0 Å². The van der Waals surface area contributed by atoms with Crippen LogP contribution in [0.2, 0.25) is 0 Å². The summed E-state index contributed by atoms with van der Waals surface area (Å²) in [5.74, 6) is -2.57. The number of hydrogen-bond donors (Lipinski definition) is 2. The van der Waals surface area contributed by atoms with E-state index < -0.39 is 17.5 Å². The van der Waals surface area contributed by atoms with E-state index in [4.69, 9.17) is 0 Å². The van der Waals surface area contributed by atoms with Gasteiger partial charge in [0.25, 0.3) is 0 Å². The molecule has 4 nitrogen and oxygen atoms in total. The number of benzene rings is 1. The molecule has 0 radical (unpaired) electrons. The van der Waals surface area contributed by atoms with Crippen LogP contribution >= 0.6 is 0 Å². The maximum Gasteiger partial charge on any atom is 0.161 e. The van der Waals surface area contributed by atoms with Crippen molar-refractivity contribution in [3.8, 4) is 0 Å². The zero-order valence-corrected chi connectivity index (χ0v) is 10.0. The molecular formula is C12H11F3N4. The summed E-state index contributed by atoms with van der Waals surface area (Å²) in [6.07, 6.45) is 2.85. The monoisotopic (exact) mass is 268 g/mol. The van der Waals surface area contributed by atoms with Crippen LogP contribution in [0.4, 0.5) is 30.5 Å². The lowest BCUT2D eigenvalue weighted by molar-refractivity contribution is 0.496. The normalized spacial score (nSPS) is 10.3. The van der Waals surface area contributed by atoms with Gasteiger partial charge in [0.05, 0.1) is 18.1 Å². The fraction of sp³-hybridized carbons (Fsp3) is 0.167.